The number of anilines is 1. The lowest BCUT2D eigenvalue weighted by Crippen LogP contribution is -2.31. The summed E-state index contributed by atoms with van der Waals surface area (Å²) in [6.45, 7) is 4.95. The molecule has 3 heterocycles. The van der Waals surface area contributed by atoms with Gasteiger partial charge >= 0.3 is 0 Å². The molecule has 1 aromatic carbocycles. The highest BCUT2D eigenvalue weighted by molar-refractivity contribution is 6.30. The first-order valence-electron chi connectivity index (χ1n) is 8.16. The van der Waals surface area contributed by atoms with Gasteiger partial charge in [-0.05, 0) is 24.1 Å². The Morgan fingerprint density at radius 1 is 1.04 bits per heavy atom. The lowest BCUT2D eigenvalue weighted by atomic mass is 10.2. The summed E-state index contributed by atoms with van der Waals surface area (Å²) in [5.74, 6) is 0.920. The fraction of sp³-hybridized carbons (Fsp3) is 0.353. The smallest absolute Gasteiger partial charge is 0.203 e. The van der Waals surface area contributed by atoms with Crippen molar-refractivity contribution in [2.24, 2.45) is 0 Å². The summed E-state index contributed by atoms with van der Waals surface area (Å²) in [6, 6.07) is 8.11. The van der Waals surface area contributed by atoms with Crippen LogP contribution < -0.4 is 4.90 Å². The average Bonchev–Trinajstić information content (AvgIpc) is 2.97. The van der Waals surface area contributed by atoms with E-state index in [2.05, 4.69) is 37.1 Å². The van der Waals surface area contributed by atoms with Crippen molar-refractivity contribution in [2.75, 3.05) is 31.1 Å². The molecule has 1 aliphatic rings. The summed E-state index contributed by atoms with van der Waals surface area (Å²) < 4.78 is 1.92. The zero-order chi connectivity index (χ0) is 16.4. The molecule has 24 heavy (non-hydrogen) atoms. The Morgan fingerprint density at radius 2 is 1.92 bits per heavy atom. The number of nitrogens with zero attached hydrogens (tertiary/aromatic N) is 6. The van der Waals surface area contributed by atoms with Crippen LogP contribution in [0.5, 0.6) is 0 Å². The molecule has 1 saturated heterocycles. The van der Waals surface area contributed by atoms with E-state index in [0.717, 1.165) is 55.6 Å². The summed E-state index contributed by atoms with van der Waals surface area (Å²) in [5.41, 5.74) is 2.12. The third-order valence-corrected chi connectivity index (χ3v) is 4.66. The van der Waals surface area contributed by atoms with Crippen molar-refractivity contribution in [3.8, 4) is 0 Å². The largest absolute Gasteiger partial charge is 0.352 e. The van der Waals surface area contributed by atoms with Crippen LogP contribution in [0.25, 0.3) is 5.65 Å². The van der Waals surface area contributed by atoms with E-state index in [9.17, 15) is 0 Å². The highest BCUT2D eigenvalue weighted by Crippen LogP contribution is 2.19. The van der Waals surface area contributed by atoms with Crippen LogP contribution in [0.15, 0.2) is 43.0 Å². The third-order valence-electron chi connectivity index (χ3n) is 4.40. The van der Waals surface area contributed by atoms with E-state index in [-0.39, 0.29) is 0 Å². The topological polar surface area (TPSA) is 49.6 Å². The molecule has 0 unspecified atom stereocenters. The van der Waals surface area contributed by atoms with Crippen LogP contribution in [0.3, 0.4) is 0 Å². The van der Waals surface area contributed by atoms with E-state index < -0.39 is 0 Å². The summed E-state index contributed by atoms with van der Waals surface area (Å²) in [5, 5.41) is 8.97. The molecule has 6 nitrogen and oxygen atoms in total. The normalized spacial score (nSPS) is 16.5. The van der Waals surface area contributed by atoms with Crippen molar-refractivity contribution in [2.45, 2.75) is 13.0 Å². The van der Waals surface area contributed by atoms with Gasteiger partial charge in [-0.25, -0.2) is 4.98 Å². The second-order valence-corrected chi connectivity index (χ2v) is 6.49. The van der Waals surface area contributed by atoms with Crippen LogP contribution in [0.2, 0.25) is 5.02 Å². The Balaban J connectivity index is 1.46. The minimum Gasteiger partial charge on any atom is -0.352 e. The second kappa shape index (κ2) is 6.75. The number of aromatic nitrogens is 4. The van der Waals surface area contributed by atoms with Gasteiger partial charge in [-0.1, -0.05) is 23.7 Å². The average molecular weight is 343 g/mol. The van der Waals surface area contributed by atoms with Crippen LogP contribution in [0, 0.1) is 0 Å². The molecule has 0 atom stereocenters. The maximum absolute atomic E-state index is 5.97. The number of hydrogen-bond acceptors (Lipinski definition) is 5. The fourth-order valence-electron chi connectivity index (χ4n) is 3.16. The van der Waals surface area contributed by atoms with Crippen LogP contribution in [0.4, 0.5) is 5.82 Å². The molecule has 7 heteroatoms. The molecule has 3 aromatic rings. The molecule has 0 bridgehead atoms. The van der Waals surface area contributed by atoms with Crippen molar-refractivity contribution >= 4 is 23.1 Å². The maximum atomic E-state index is 5.97. The zero-order valence-electron chi connectivity index (χ0n) is 13.3. The molecule has 0 radical (unpaired) electrons. The van der Waals surface area contributed by atoms with Gasteiger partial charge in [-0.2, -0.15) is 0 Å². The van der Waals surface area contributed by atoms with Crippen LogP contribution >= 0.6 is 11.6 Å². The zero-order valence-corrected chi connectivity index (χ0v) is 14.1. The quantitative estimate of drug-likeness (QED) is 0.732. The van der Waals surface area contributed by atoms with Gasteiger partial charge in [0.05, 0.1) is 0 Å². The van der Waals surface area contributed by atoms with E-state index in [1.165, 1.54) is 5.56 Å². The standard InChI is InChI=1S/C17H19ClN6/c18-15-4-2-14(3-5-15)12-22-7-1-8-23(11-10-22)16-17-21-20-13-24(17)9-6-19-16/h2-6,9,13H,1,7-8,10-12H2. The molecule has 0 amide bonds. The first kappa shape index (κ1) is 15.4. The number of halogens is 1. The SMILES string of the molecule is Clc1ccc(CN2CCCN(c3nccn4cnnc34)CC2)cc1. The lowest BCUT2D eigenvalue weighted by molar-refractivity contribution is 0.285. The number of fused-ring (bicyclic) bond motifs is 1. The van der Waals surface area contributed by atoms with Gasteiger partial charge in [0.1, 0.15) is 6.33 Å². The minimum atomic E-state index is 0.785. The molecule has 0 spiro atoms. The Labute approximate surface area is 145 Å². The van der Waals surface area contributed by atoms with Gasteiger partial charge in [0.2, 0.25) is 5.65 Å². The Bertz CT molecular complexity index is 815. The van der Waals surface area contributed by atoms with Crippen LogP contribution in [0.1, 0.15) is 12.0 Å². The van der Waals surface area contributed by atoms with Crippen LogP contribution in [-0.2, 0) is 6.54 Å². The number of hydrogen-bond donors (Lipinski definition) is 0. The predicted octanol–water partition coefficient (Wildman–Crippen LogP) is 2.49. The summed E-state index contributed by atoms with van der Waals surface area (Å²) in [7, 11) is 0. The molecule has 4 rings (SSSR count). The number of rotatable bonds is 3. The molecule has 1 aliphatic heterocycles. The van der Waals surface area contributed by atoms with E-state index in [0.29, 0.717) is 0 Å². The first-order chi connectivity index (χ1) is 11.8. The van der Waals surface area contributed by atoms with Crippen LogP contribution in [-0.4, -0.2) is 50.7 Å². The fourth-order valence-corrected chi connectivity index (χ4v) is 3.28. The monoisotopic (exact) mass is 342 g/mol. The summed E-state index contributed by atoms with van der Waals surface area (Å²) in [6.07, 6.45) is 6.50. The highest BCUT2D eigenvalue weighted by atomic mass is 35.5. The second-order valence-electron chi connectivity index (χ2n) is 6.06. The van der Waals surface area contributed by atoms with Gasteiger partial charge in [-0.3, -0.25) is 9.30 Å². The molecule has 2 aromatic heterocycles. The van der Waals surface area contributed by atoms with Crippen molar-refractivity contribution in [3.05, 3.63) is 53.6 Å². The summed E-state index contributed by atoms with van der Waals surface area (Å²) >= 11 is 5.97. The van der Waals surface area contributed by atoms with Gasteiger partial charge in [0.15, 0.2) is 5.82 Å². The Hall–Kier alpha value is -2.18. The van der Waals surface area contributed by atoms with Crippen molar-refractivity contribution in [1.29, 1.82) is 0 Å². The minimum absolute atomic E-state index is 0.785. The van der Waals surface area contributed by atoms with Crippen molar-refractivity contribution < 1.29 is 0 Å². The van der Waals surface area contributed by atoms with E-state index in [4.69, 9.17) is 11.6 Å². The van der Waals surface area contributed by atoms with Crippen molar-refractivity contribution in [1.82, 2.24) is 24.5 Å². The Morgan fingerprint density at radius 3 is 2.79 bits per heavy atom. The molecular weight excluding hydrogens is 324 g/mol. The van der Waals surface area contributed by atoms with E-state index in [1.807, 2.05) is 28.9 Å². The summed E-state index contributed by atoms with van der Waals surface area (Å²) in [4.78, 5) is 9.32. The molecule has 0 N–H and O–H groups in total. The Kier molecular flexibility index (Phi) is 4.32. The first-order valence-corrected chi connectivity index (χ1v) is 8.53. The molecular formula is C17H19ClN6. The van der Waals surface area contributed by atoms with E-state index in [1.54, 1.807) is 6.33 Å². The molecule has 0 saturated carbocycles. The van der Waals surface area contributed by atoms with Crippen molar-refractivity contribution in [3.63, 3.8) is 0 Å². The lowest BCUT2D eigenvalue weighted by Gasteiger charge is -2.22. The molecule has 124 valence electrons. The number of benzene rings is 1. The van der Waals surface area contributed by atoms with Gasteiger partial charge in [0.25, 0.3) is 0 Å². The molecule has 0 aliphatic carbocycles. The van der Waals surface area contributed by atoms with Gasteiger partial charge < -0.3 is 4.90 Å². The highest BCUT2D eigenvalue weighted by Gasteiger charge is 2.19. The third kappa shape index (κ3) is 3.20. The molecule has 1 fully saturated rings. The van der Waals surface area contributed by atoms with E-state index >= 15 is 0 Å². The maximum Gasteiger partial charge on any atom is 0.203 e. The predicted molar refractivity (Wildman–Crippen MR) is 94.3 cm³/mol. The van der Waals surface area contributed by atoms with Gasteiger partial charge in [0, 0.05) is 50.1 Å². The van der Waals surface area contributed by atoms with Gasteiger partial charge in [-0.15, -0.1) is 10.2 Å².